The number of non-ortho nitro benzene ring substituents is 1. The number of rotatable bonds is 9. The first-order valence-electron chi connectivity index (χ1n) is 9.39. The Hall–Kier alpha value is -2.62. The van der Waals surface area contributed by atoms with Gasteiger partial charge in [0.05, 0.1) is 22.7 Å². The first-order valence-corrected chi connectivity index (χ1v) is 9.39. The Morgan fingerprint density at radius 3 is 2.52 bits per heavy atom. The van der Waals surface area contributed by atoms with Crippen LogP contribution < -0.4 is 0 Å². The Labute approximate surface area is 168 Å². The number of hydrogen-bond acceptors (Lipinski definition) is 8. The number of carbonyl (C=O) groups excluding carboxylic acids is 2. The maximum Gasteiger partial charge on any atom is 0.338 e. The summed E-state index contributed by atoms with van der Waals surface area (Å²) in [7, 11) is 0. The minimum Gasteiger partial charge on any atom is -0.459 e. The number of aliphatic hydroxyl groups is 1. The molecule has 1 aromatic rings. The zero-order valence-electron chi connectivity index (χ0n) is 16.6. The molecular weight excluding hydrogens is 382 g/mol. The van der Waals surface area contributed by atoms with Crippen molar-refractivity contribution in [2.45, 2.75) is 58.2 Å². The van der Waals surface area contributed by atoms with Gasteiger partial charge in [0, 0.05) is 17.7 Å². The monoisotopic (exact) mass is 407 g/mol. The molecule has 9 nitrogen and oxygen atoms in total. The Balaban J connectivity index is 2.07. The Morgan fingerprint density at radius 2 is 1.97 bits per heavy atom. The fraction of sp³-hybridized carbons (Fsp3) is 0.500. The molecule has 158 valence electrons. The third-order valence-electron chi connectivity index (χ3n) is 4.20. The molecule has 1 aliphatic heterocycles. The highest BCUT2D eigenvalue weighted by molar-refractivity contribution is 6.00. The lowest BCUT2D eigenvalue weighted by atomic mass is 9.95. The number of aliphatic hydroxyl groups excluding tert-OH is 1. The first-order chi connectivity index (χ1) is 13.7. The van der Waals surface area contributed by atoms with Gasteiger partial charge in [0.1, 0.15) is 6.61 Å². The van der Waals surface area contributed by atoms with Gasteiger partial charge >= 0.3 is 5.97 Å². The molecule has 0 fully saturated rings. The number of nitrogens with zero attached hydrogens (tertiary/aromatic N) is 1. The van der Waals surface area contributed by atoms with Crippen LogP contribution in [0.2, 0.25) is 0 Å². The number of nitro groups is 1. The molecule has 0 bridgehead atoms. The van der Waals surface area contributed by atoms with Crippen LogP contribution in [0.1, 0.15) is 44.0 Å². The van der Waals surface area contributed by atoms with E-state index in [1.54, 1.807) is 13.8 Å². The Morgan fingerprint density at radius 1 is 1.31 bits per heavy atom. The Kier molecular flexibility index (Phi) is 8.00. The number of ether oxygens (including phenoxy) is 3. The highest BCUT2D eigenvalue weighted by Gasteiger charge is 2.35. The van der Waals surface area contributed by atoms with Crippen LogP contribution in [0, 0.1) is 10.1 Å². The molecule has 3 atom stereocenters. The molecule has 29 heavy (non-hydrogen) atoms. The summed E-state index contributed by atoms with van der Waals surface area (Å²) < 4.78 is 16.3. The zero-order valence-corrected chi connectivity index (χ0v) is 16.6. The second-order valence-electron chi connectivity index (χ2n) is 6.87. The van der Waals surface area contributed by atoms with Crippen molar-refractivity contribution in [3.8, 4) is 0 Å². The van der Waals surface area contributed by atoms with Crippen molar-refractivity contribution in [3.63, 3.8) is 0 Å². The van der Waals surface area contributed by atoms with Crippen LogP contribution in [0.15, 0.2) is 35.9 Å². The second kappa shape index (κ2) is 10.2. The molecule has 1 aromatic carbocycles. The van der Waals surface area contributed by atoms with E-state index in [1.807, 2.05) is 6.92 Å². The summed E-state index contributed by atoms with van der Waals surface area (Å²) in [5.41, 5.74) is 0.136. The topological polar surface area (TPSA) is 125 Å². The number of carbonyl (C=O) groups is 2. The van der Waals surface area contributed by atoms with Crippen LogP contribution in [0.5, 0.6) is 0 Å². The van der Waals surface area contributed by atoms with Gasteiger partial charge < -0.3 is 19.3 Å². The fourth-order valence-electron chi connectivity index (χ4n) is 2.79. The van der Waals surface area contributed by atoms with Crippen LogP contribution in [-0.2, 0) is 19.0 Å². The third-order valence-corrected chi connectivity index (χ3v) is 4.20. The lowest BCUT2D eigenvalue weighted by Crippen LogP contribution is -2.43. The number of nitro benzene ring substituents is 1. The Bertz CT molecular complexity index is 771. The highest BCUT2D eigenvalue weighted by Crippen LogP contribution is 2.23. The van der Waals surface area contributed by atoms with E-state index in [1.165, 1.54) is 30.3 Å². The summed E-state index contributed by atoms with van der Waals surface area (Å²) in [6.07, 6.45) is -0.565. The van der Waals surface area contributed by atoms with E-state index in [4.69, 9.17) is 14.2 Å². The largest absolute Gasteiger partial charge is 0.459 e. The van der Waals surface area contributed by atoms with E-state index in [2.05, 4.69) is 0 Å². The summed E-state index contributed by atoms with van der Waals surface area (Å²) in [5.74, 6) is -1.21. The zero-order chi connectivity index (χ0) is 21.6. The van der Waals surface area contributed by atoms with Crippen LogP contribution in [0.3, 0.4) is 0 Å². The van der Waals surface area contributed by atoms with Crippen LogP contribution in [0.25, 0.3) is 0 Å². The predicted octanol–water partition coefficient (Wildman–Crippen LogP) is 2.56. The summed E-state index contributed by atoms with van der Waals surface area (Å²) in [6.45, 7) is 5.13. The molecule has 0 radical (unpaired) electrons. The summed E-state index contributed by atoms with van der Waals surface area (Å²) in [6, 6.07) is 4.91. The van der Waals surface area contributed by atoms with Gasteiger partial charge in [0.15, 0.2) is 18.2 Å². The number of esters is 1. The van der Waals surface area contributed by atoms with Gasteiger partial charge in [0.25, 0.3) is 5.69 Å². The first kappa shape index (κ1) is 22.7. The van der Waals surface area contributed by atoms with Gasteiger partial charge in [-0.25, -0.2) is 4.79 Å². The van der Waals surface area contributed by atoms with Crippen molar-refractivity contribution in [2.75, 3.05) is 6.61 Å². The van der Waals surface area contributed by atoms with E-state index >= 15 is 0 Å². The predicted molar refractivity (Wildman–Crippen MR) is 102 cm³/mol. The van der Waals surface area contributed by atoms with Gasteiger partial charge in [-0.3, -0.25) is 14.9 Å². The number of benzene rings is 1. The molecule has 1 heterocycles. The van der Waals surface area contributed by atoms with Gasteiger partial charge in [-0.05, 0) is 38.5 Å². The van der Waals surface area contributed by atoms with Crippen molar-refractivity contribution in [1.29, 1.82) is 0 Å². The molecule has 0 saturated carbocycles. The molecule has 9 heteroatoms. The van der Waals surface area contributed by atoms with E-state index < -0.39 is 35.2 Å². The molecule has 0 amide bonds. The van der Waals surface area contributed by atoms with Crippen molar-refractivity contribution in [3.05, 3.63) is 51.6 Å². The van der Waals surface area contributed by atoms with E-state index in [9.17, 15) is 24.8 Å². The summed E-state index contributed by atoms with van der Waals surface area (Å²) in [5, 5.41) is 21.0. The van der Waals surface area contributed by atoms with Gasteiger partial charge in [-0.2, -0.15) is 0 Å². The van der Waals surface area contributed by atoms with E-state index in [-0.39, 0.29) is 29.5 Å². The third kappa shape index (κ3) is 6.18. The molecule has 2 rings (SSSR count). The number of hydrogen-bond donors (Lipinski definition) is 1. The summed E-state index contributed by atoms with van der Waals surface area (Å²) in [4.78, 5) is 35.0. The van der Waals surface area contributed by atoms with Crippen LogP contribution in [-0.4, -0.2) is 53.0 Å². The average Bonchev–Trinajstić information content (AvgIpc) is 2.67. The fourth-order valence-corrected chi connectivity index (χ4v) is 2.79. The molecule has 1 aliphatic rings. The smallest absolute Gasteiger partial charge is 0.338 e. The lowest BCUT2D eigenvalue weighted by Gasteiger charge is -2.30. The lowest BCUT2D eigenvalue weighted by molar-refractivity contribution is -0.384. The molecular formula is C20H25NO8. The van der Waals surface area contributed by atoms with E-state index in [0.717, 1.165) is 0 Å². The molecule has 1 N–H and O–H groups in total. The minimum atomic E-state index is -1.12. The molecule has 0 aliphatic carbocycles. The van der Waals surface area contributed by atoms with E-state index in [0.29, 0.717) is 12.8 Å². The standard InChI is InChI=1S/C20H25NO8/c1-4-5-16(22)15-10-18(28-12(2)3)29-17(19(15)23)11-27-20(24)13-6-8-14(9-7-13)21(25)26/h6-10,12,16-18,22H,4-5,11H2,1-3H3/t16-,17-,18+/m1/s1. The quantitative estimate of drug-likeness (QED) is 0.376. The van der Waals surface area contributed by atoms with Crippen molar-refractivity contribution >= 4 is 17.4 Å². The average molecular weight is 407 g/mol. The molecule has 0 aromatic heterocycles. The maximum atomic E-state index is 12.7. The van der Waals surface area contributed by atoms with Crippen LogP contribution >= 0.6 is 0 Å². The van der Waals surface area contributed by atoms with Gasteiger partial charge in [-0.15, -0.1) is 0 Å². The van der Waals surface area contributed by atoms with Crippen molar-refractivity contribution < 1.29 is 33.8 Å². The van der Waals surface area contributed by atoms with Crippen molar-refractivity contribution in [2.24, 2.45) is 0 Å². The summed E-state index contributed by atoms with van der Waals surface area (Å²) >= 11 is 0. The van der Waals surface area contributed by atoms with Crippen LogP contribution in [0.4, 0.5) is 5.69 Å². The SMILES string of the molecule is CCC[C@@H](O)C1=C[C@@H](OC(C)C)O[C@H](COC(=O)c2ccc([N+](=O)[O-])cc2)C1=O. The molecule has 0 spiro atoms. The highest BCUT2D eigenvalue weighted by atomic mass is 16.7. The van der Waals surface area contributed by atoms with Gasteiger partial charge in [-0.1, -0.05) is 13.3 Å². The van der Waals surface area contributed by atoms with Gasteiger partial charge in [0.2, 0.25) is 0 Å². The number of ketones is 1. The number of Topliss-reactive ketones (excluding diaryl/α,β-unsaturated/α-hetero) is 1. The normalized spacial score (nSPS) is 20.3. The second-order valence-corrected chi connectivity index (χ2v) is 6.87. The molecule has 0 saturated heterocycles. The molecule has 0 unspecified atom stereocenters. The maximum absolute atomic E-state index is 12.7. The minimum absolute atomic E-state index is 0.107. The van der Waals surface area contributed by atoms with Crippen molar-refractivity contribution in [1.82, 2.24) is 0 Å².